The highest BCUT2D eigenvalue weighted by molar-refractivity contribution is 7.91. The van der Waals surface area contributed by atoms with Crippen molar-refractivity contribution in [2.75, 3.05) is 36.0 Å². The fourth-order valence-electron chi connectivity index (χ4n) is 4.23. The number of sulfone groups is 1. The Labute approximate surface area is 188 Å². The maximum absolute atomic E-state index is 14.0. The second kappa shape index (κ2) is 8.88. The molecule has 0 bridgehead atoms. The lowest BCUT2D eigenvalue weighted by molar-refractivity contribution is -0.139. The van der Waals surface area contributed by atoms with Gasteiger partial charge in [-0.1, -0.05) is 12.1 Å². The van der Waals surface area contributed by atoms with Crippen molar-refractivity contribution in [2.45, 2.75) is 25.1 Å². The van der Waals surface area contributed by atoms with Crippen LogP contribution in [0, 0.1) is 11.7 Å². The van der Waals surface area contributed by atoms with Gasteiger partial charge in [0.25, 0.3) is 0 Å². The molecule has 2 fully saturated rings. The number of nitrogens with zero attached hydrogens (tertiary/aromatic N) is 4. The molecule has 1 atom stereocenters. The number of carbonyl (C=O) groups excluding carboxylic acids is 1. The Balaban J connectivity index is 1.58. The Morgan fingerprint density at radius 1 is 1.06 bits per heavy atom. The lowest BCUT2D eigenvalue weighted by atomic mass is 9.96. The van der Waals surface area contributed by atoms with Crippen molar-refractivity contribution in [2.24, 2.45) is 5.92 Å². The Morgan fingerprint density at radius 3 is 2.33 bits per heavy atom. The largest absolute Gasteiger partial charge is 0.419 e. The van der Waals surface area contributed by atoms with Gasteiger partial charge in [-0.2, -0.15) is 13.2 Å². The molecule has 1 aromatic heterocycles. The predicted octanol–water partition coefficient (Wildman–Crippen LogP) is 2.85. The molecule has 0 saturated carbocycles. The first-order valence-corrected chi connectivity index (χ1v) is 12.3. The van der Waals surface area contributed by atoms with Crippen LogP contribution in [-0.4, -0.2) is 60.3 Å². The van der Waals surface area contributed by atoms with Crippen LogP contribution in [0.4, 0.5) is 23.5 Å². The zero-order valence-electron chi connectivity index (χ0n) is 17.5. The summed E-state index contributed by atoms with van der Waals surface area (Å²) in [4.78, 5) is 24.2. The number of carbonyl (C=O) groups is 1. The van der Waals surface area contributed by atoms with E-state index in [0.29, 0.717) is 18.0 Å². The number of halogens is 4. The SMILES string of the molecule is O=C(C1CCS(=O)(=O)CC1)N1CCN(c2ncc(C(F)(F)F)cn2)C[C@H]1c1cccc(F)c1. The number of amides is 1. The number of piperazine rings is 1. The van der Waals surface area contributed by atoms with Crippen molar-refractivity contribution in [1.82, 2.24) is 14.9 Å². The molecule has 0 N–H and O–H groups in total. The van der Waals surface area contributed by atoms with Gasteiger partial charge < -0.3 is 9.80 Å². The number of anilines is 1. The third-order valence-corrected chi connectivity index (χ3v) is 7.76. The number of aromatic nitrogens is 2. The van der Waals surface area contributed by atoms with Crippen molar-refractivity contribution in [3.63, 3.8) is 0 Å². The fraction of sp³-hybridized carbons (Fsp3) is 0.476. The summed E-state index contributed by atoms with van der Waals surface area (Å²) in [5.74, 6) is -1.14. The lowest BCUT2D eigenvalue weighted by Crippen LogP contribution is -2.53. The third-order valence-electron chi connectivity index (χ3n) is 6.05. The van der Waals surface area contributed by atoms with Crippen LogP contribution < -0.4 is 4.90 Å². The Hall–Kier alpha value is -2.76. The lowest BCUT2D eigenvalue weighted by Gasteiger charge is -2.43. The number of benzene rings is 1. The minimum Gasteiger partial charge on any atom is -0.337 e. The molecule has 178 valence electrons. The highest BCUT2D eigenvalue weighted by Gasteiger charge is 2.38. The van der Waals surface area contributed by atoms with Crippen LogP contribution in [0.1, 0.15) is 30.0 Å². The van der Waals surface area contributed by atoms with E-state index in [2.05, 4.69) is 9.97 Å². The zero-order chi connectivity index (χ0) is 23.8. The summed E-state index contributed by atoms with van der Waals surface area (Å²) in [6, 6.07) is 5.20. The minimum absolute atomic E-state index is 0.0482. The van der Waals surface area contributed by atoms with Crippen molar-refractivity contribution < 1.29 is 30.8 Å². The summed E-state index contributed by atoms with van der Waals surface area (Å²) in [5.41, 5.74) is -0.433. The molecule has 0 unspecified atom stereocenters. The molecular weight excluding hydrogens is 464 g/mol. The van der Waals surface area contributed by atoms with Crippen LogP contribution in [0.2, 0.25) is 0 Å². The summed E-state index contributed by atoms with van der Waals surface area (Å²) < 4.78 is 76.0. The molecule has 33 heavy (non-hydrogen) atoms. The number of alkyl halides is 3. The molecule has 0 radical (unpaired) electrons. The van der Waals surface area contributed by atoms with Gasteiger partial charge in [0, 0.05) is 37.9 Å². The van der Waals surface area contributed by atoms with Crippen molar-refractivity contribution in [3.8, 4) is 0 Å². The normalized spacial score (nSPS) is 21.8. The minimum atomic E-state index is -4.55. The highest BCUT2D eigenvalue weighted by atomic mass is 32.2. The van der Waals surface area contributed by atoms with E-state index in [0.717, 1.165) is 0 Å². The first-order chi connectivity index (χ1) is 15.5. The fourth-order valence-corrected chi connectivity index (χ4v) is 5.72. The van der Waals surface area contributed by atoms with Gasteiger partial charge in [0.05, 0.1) is 23.1 Å². The molecule has 0 aliphatic carbocycles. The van der Waals surface area contributed by atoms with Gasteiger partial charge in [-0.15, -0.1) is 0 Å². The first-order valence-electron chi connectivity index (χ1n) is 10.4. The summed E-state index contributed by atoms with van der Waals surface area (Å²) in [6.45, 7) is 0.646. The predicted molar refractivity (Wildman–Crippen MR) is 111 cm³/mol. The Morgan fingerprint density at radius 2 is 1.73 bits per heavy atom. The van der Waals surface area contributed by atoms with Gasteiger partial charge in [-0.05, 0) is 30.5 Å². The van der Waals surface area contributed by atoms with Gasteiger partial charge >= 0.3 is 6.18 Å². The van der Waals surface area contributed by atoms with Crippen molar-refractivity contribution >= 4 is 21.7 Å². The highest BCUT2D eigenvalue weighted by Crippen LogP contribution is 2.32. The number of hydrogen-bond acceptors (Lipinski definition) is 6. The number of rotatable bonds is 3. The van der Waals surface area contributed by atoms with Gasteiger partial charge in [0.2, 0.25) is 11.9 Å². The summed E-state index contributed by atoms with van der Waals surface area (Å²) in [7, 11) is -3.14. The van der Waals surface area contributed by atoms with Crippen LogP contribution >= 0.6 is 0 Å². The van der Waals surface area contributed by atoms with E-state index in [-0.39, 0.29) is 55.8 Å². The van der Waals surface area contributed by atoms with E-state index in [1.807, 2.05) is 0 Å². The summed E-state index contributed by atoms with van der Waals surface area (Å²) in [6.07, 6.45) is -2.67. The van der Waals surface area contributed by atoms with Crippen molar-refractivity contribution in [3.05, 3.63) is 53.6 Å². The Bertz CT molecular complexity index is 1110. The molecule has 2 aromatic rings. The molecule has 3 heterocycles. The van der Waals surface area contributed by atoms with Crippen molar-refractivity contribution in [1.29, 1.82) is 0 Å². The van der Waals surface area contributed by atoms with Gasteiger partial charge in [0.15, 0.2) is 0 Å². The van der Waals surface area contributed by atoms with Gasteiger partial charge in [0.1, 0.15) is 15.7 Å². The van der Waals surface area contributed by atoms with E-state index in [9.17, 15) is 30.8 Å². The molecule has 4 rings (SSSR count). The van der Waals surface area contributed by atoms with Crippen LogP contribution in [0.25, 0.3) is 0 Å². The first kappa shape index (κ1) is 23.4. The maximum Gasteiger partial charge on any atom is 0.419 e. The molecule has 7 nitrogen and oxygen atoms in total. The second-order valence-electron chi connectivity index (χ2n) is 8.24. The molecule has 2 aliphatic heterocycles. The van der Waals surface area contributed by atoms with E-state index < -0.39 is 39.4 Å². The maximum atomic E-state index is 14.0. The Kier molecular flexibility index (Phi) is 6.30. The molecule has 2 saturated heterocycles. The van der Waals surface area contributed by atoms with Crippen LogP contribution in [0.15, 0.2) is 36.7 Å². The zero-order valence-corrected chi connectivity index (χ0v) is 18.3. The average Bonchev–Trinajstić information content (AvgIpc) is 2.78. The van der Waals surface area contributed by atoms with E-state index in [1.54, 1.807) is 15.9 Å². The van der Waals surface area contributed by atoms with Crippen LogP contribution in [0.5, 0.6) is 0 Å². The van der Waals surface area contributed by atoms with E-state index in [1.165, 1.54) is 18.2 Å². The topological polar surface area (TPSA) is 83.5 Å². The molecular formula is C21H22F4N4O3S. The monoisotopic (exact) mass is 486 g/mol. The van der Waals surface area contributed by atoms with Crippen LogP contribution in [0.3, 0.4) is 0 Å². The molecule has 1 amide bonds. The molecule has 1 aromatic carbocycles. The average molecular weight is 486 g/mol. The van der Waals surface area contributed by atoms with E-state index >= 15 is 0 Å². The quantitative estimate of drug-likeness (QED) is 0.621. The second-order valence-corrected chi connectivity index (χ2v) is 10.5. The standard InChI is InChI=1S/C21H22F4N4O3S/c22-17-3-1-2-15(10-17)18-13-28(20-26-11-16(12-27-20)21(23,24)25)6-7-29(18)19(30)14-4-8-33(31,32)9-5-14/h1-3,10-12,14,18H,4-9,13H2/t18-/m0/s1. The smallest absolute Gasteiger partial charge is 0.337 e. The van der Waals surface area contributed by atoms with E-state index in [4.69, 9.17) is 0 Å². The van der Waals surface area contributed by atoms with Crippen LogP contribution in [-0.2, 0) is 20.8 Å². The van der Waals surface area contributed by atoms with Gasteiger partial charge in [-0.25, -0.2) is 22.8 Å². The molecule has 12 heteroatoms. The molecule has 0 spiro atoms. The third kappa shape index (κ3) is 5.26. The number of hydrogen-bond donors (Lipinski definition) is 0. The summed E-state index contributed by atoms with van der Waals surface area (Å²) >= 11 is 0. The molecule has 2 aliphatic rings. The summed E-state index contributed by atoms with van der Waals surface area (Å²) in [5, 5.41) is 0. The van der Waals surface area contributed by atoms with Gasteiger partial charge in [-0.3, -0.25) is 4.79 Å².